The van der Waals surface area contributed by atoms with Crippen LogP contribution in [0.1, 0.15) is 6.42 Å². The van der Waals surface area contributed by atoms with E-state index in [-0.39, 0.29) is 0 Å². The molecule has 0 aliphatic heterocycles. The molecule has 0 atom stereocenters. The molecule has 5 heteroatoms. The van der Waals surface area contributed by atoms with E-state index in [2.05, 4.69) is 12.2 Å². The first-order chi connectivity index (χ1) is 11.9. The summed E-state index contributed by atoms with van der Waals surface area (Å²) in [6, 6.07) is 19.5. The van der Waals surface area contributed by atoms with Crippen molar-refractivity contribution in [2.75, 3.05) is 0 Å². The van der Waals surface area contributed by atoms with E-state index in [0.29, 0.717) is 0 Å². The van der Waals surface area contributed by atoms with Crippen LogP contribution in [-0.4, -0.2) is 4.89 Å². The summed E-state index contributed by atoms with van der Waals surface area (Å²) < 4.78 is 1.18. The molecule has 1 N–H and O–H groups in total. The molecule has 0 amide bonds. The number of allylic oxidation sites excluding steroid dienone is 4. The van der Waals surface area contributed by atoms with Gasteiger partial charge < -0.3 is 4.89 Å². The van der Waals surface area contributed by atoms with Crippen LogP contribution in [0.15, 0.2) is 83.0 Å². The van der Waals surface area contributed by atoms with Crippen molar-refractivity contribution in [2.24, 2.45) is 0 Å². The van der Waals surface area contributed by atoms with Crippen LogP contribution in [0.2, 0.25) is 27.2 Å². The van der Waals surface area contributed by atoms with Crippen molar-refractivity contribution in [3.8, 4) is 0 Å². The Morgan fingerprint density at radius 2 is 1.19 bits per heavy atom. The Balaban J connectivity index is 0.000000194. The van der Waals surface area contributed by atoms with Crippen LogP contribution < -0.4 is 10.6 Å². The summed E-state index contributed by atoms with van der Waals surface area (Å²) in [6.45, 7) is 0. The number of hydrogen-bond donors (Lipinski definition) is 1. The van der Waals surface area contributed by atoms with E-state index in [0.717, 1.165) is 17.0 Å². The van der Waals surface area contributed by atoms with Gasteiger partial charge in [-0.2, -0.15) is 0 Å². The van der Waals surface area contributed by atoms with E-state index in [1.54, 1.807) is 0 Å². The van der Waals surface area contributed by atoms with Crippen molar-refractivity contribution >= 4 is 37.9 Å². The second kappa shape index (κ2) is 5.37. The topological polar surface area (TPSA) is 20.2 Å². The Morgan fingerprint density at radius 1 is 0.778 bits per heavy atom. The zero-order valence-corrected chi connectivity index (χ0v) is 21.5. The first kappa shape index (κ1) is 22.8. The van der Waals surface area contributed by atoms with Gasteiger partial charge >= 0.3 is 83.5 Å². The van der Waals surface area contributed by atoms with E-state index in [9.17, 15) is 4.89 Å². The Hall–Kier alpha value is -0.461. The number of benzene rings is 2. The fourth-order valence-corrected chi connectivity index (χ4v) is 10.8. The van der Waals surface area contributed by atoms with Gasteiger partial charge in [-0.25, -0.2) is 0 Å². The van der Waals surface area contributed by atoms with Gasteiger partial charge in [0.2, 0.25) is 0 Å². The van der Waals surface area contributed by atoms with E-state index < -0.39 is 16.6 Å². The molecule has 3 rings (SSSR count). The van der Waals surface area contributed by atoms with Gasteiger partial charge in [-0.05, 0) is 0 Å². The predicted molar refractivity (Wildman–Crippen MR) is 124 cm³/mol. The van der Waals surface area contributed by atoms with Gasteiger partial charge in [0.05, 0.1) is 8.15 Å². The molecule has 1 nitrogen and oxygen atoms in total. The number of rotatable bonds is 3. The summed E-state index contributed by atoms with van der Waals surface area (Å²) in [6.07, 6.45) is 7.08. The Morgan fingerprint density at radius 3 is 1.44 bits per heavy atom. The molecule has 0 saturated heterocycles. The second-order valence-electron chi connectivity index (χ2n) is 9.80. The molecule has 0 heterocycles. The summed E-state index contributed by atoms with van der Waals surface area (Å²) in [5.74, 6) is 0. The third-order valence-corrected chi connectivity index (χ3v) is 17.9. The Bertz CT molecular complexity index is 860. The summed E-state index contributed by atoms with van der Waals surface area (Å²) in [7, 11) is 8.02. The van der Waals surface area contributed by atoms with Crippen molar-refractivity contribution < 1.29 is 13.3 Å². The molecule has 27 heavy (non-hydrogen) atoms. The minimum atomic E-state index is -4.77. The van der Waals surface area contributed by atoms with Gasteiger partial charge in [-0.1, -0.05) is 60.7 Å². The van der Waals surface area contributed by atoms with Crippen LogP contribution in [0, 0.1) is 0 Å². The molecule has 0 radical (unpaired) electrons. The van der Waals surface area contributed by atoms with Crippen LogP contribution in [0.4, 0.5) is 0 Å². The third kappa shape index (κ3) is 7.13. The molecular formula is C22H31Cl2IrOP. The minimum absolute atomic E-state index is 0.878. The normalized spacial score (nSPS) is 19.7. The maximum atomic E-state index is 10.1. The van der Waals surface area contributed by atoms with Crippen LogP contribution in [0.25, 0.3) is 0 Å². The van der Waals surface area contributed by atoms with Crippen molar-refractivity contribution in [3.63, 3.8) is 0 Å². The van der Waals surface area contributed by atoms with Crippen molar-refractivity contribution in [1.82, 2.24) is 0 Å². The molecular weight excluding hydrogens is 574 g/mol. The standard InChI is InChI=1S/C12H11OP.C5H5.5CH3.2ClH.Ir/c13-14(11-7-3-1-4-8-11)12-9-5-2-6-10-12;1-2-4-5-3-1;;;;;;;;/h1-10,13H;1-3H,4H2;5*1H3;2*1H;/q;;;;;;;;;+2/p-2. The van der Waals surface area contributed by atoms with Crippen LogP contribution in [-0.2, 0) is 8.44 Å². The molecule has 0 bridgehead atoms. The van der Waals surface area contributed by atoms with Gasteiger partial charge in [0.1, 0.15) is 0 Å². The van der Waals surface area contributed by atoms with E-state index >= 15 is 0 Å². The van der Waals surface area contributed by atoms with Crippen LogP contribution >= 0.6 is 27.3 Å². The molecule has 0 aromatic heterocycles. The fourth-order valence-electron chi connectivity index (χ4n) is 2.41. The van der Waals surface area contributed by atoms with Crippen molar-refractivity contribution in [1.29, 1.82) is 0 Å². The molecule has 2 aromatic rings. The van der Waals surface area contributed by atoms with Crippen molar-refractivity contribution in [3.05, 3.63) is 83.0 Å². The average molecular weight is 606 g/mol. The van der Waals surface area contributed by atoms with Gasteiger partial charge in [0, 0.05) is 10.6 Å². The Kier molecular flexibility index (Phi) is 4.54. The summed E-state index contributed by atoms with van der Waals surface area (Å²) in [5, 5.41) is 1.99. The van der Waals surface area contributed by atoms with E-state index in [1.807, 2.05) is 93.9 Å². The molecule has 0 spiro atoms. The summed E-state index contributed by atoms with van der Waals surface area (Å²) in [5.41, 5.74) is 10.2. The van der Waals surface area contributed by atoms with Gasteiger partial charge in [-0.3, -0.25) is 0 Å². The van der Waals surface area contributed by atoms with Crippen molar-refractivity contribution in [2.45, 2.75) is 33.6 Å². The fraction of sp³-hybridized carbons (Fsp3) is 0.273. The SMILES string of the molecule is OP(c1ccccc1)c1ccccc1.[CH3][Ir]([CH3])([CH3])([CH3])([CH3])([Cl])([Cl])[C]1=CC=CC1. The molecule has 0 saturated carbocycles. The molecule has 1 aliphatic carbocycles. The van der Waals surface area contributed by atoms with Crippen LogP contribution in [0.5, 0.6) is 0 Å². The van der Waals surface area contributed by atoms with E-state index in [1.165, 1.54) is 4.09 Å². The second-order valence-corrected chi connectivity index (χ2v) is 79.0. The van der Waals surface area contributed by atoms with E-state index in [4.69, 9.17) is 19.2 Å². The third-order valence-electron chi connectivity index (χ3n) is 3.94. The molecule has 0 unspecified atom stereocenters. The van der Waals surface area contributed by atoms with Gasteiger partial charge in [0.25, 0.3) is 0 Å². The quantitative estimate of drug-likeness (QED) is 0.356. The number of halogens is 2. The zero-order valence-electron chi connectivity index (χ0n) is 16.7. The Labute approximate surface area is 167 Å². The number of hydrogen-bond acceptors (Lipinski definition) is 1. The summed E-state index contributed by atoms with van der Waals surface area (Å²) >= 11 is 0. The van der Waals surface area contributed by atoms with Crippen LogP contribution in [0.3, 0.4) is 0 Å². The zero-order chi connectivity index (χ0) is 20.6. The average Bonchev–Trinajstić information content (AvgIpc) is 3.10. The molecule has 1 aliphatic rings. The molecule has 153 valence electrons. The summed E-state index contributed by atoms with van der Waals surface area (Å²) in [4.78, 5) is 10.1. The molecule has 2 aromatic carbocycles. The first-order valence-electron chi connectivity index (χ1n) is 8.27. The first-order valence-corrected chi connectivity index (χ1v) is 28.7. The van der Waals surface area contributed by atoms with Gasteiger partial charge in [0.15, 0.2) is 0 Å². The predicted octanol–water partition coefficient (Wildman–Crippen LogP) is 7.70. The molecule has 0 fully saturated rings. The monoisotopic (exact) mass is 605 g/mol. The van der Waals surface area contributed by atoms with Gasteiger partial charge in [-0.15, -0.1) is 0 Å². The maximum absolute atomic E-state index is 10.1.